The largest absolute Gasteiger partial charge is 0.481 e. The number of furan rings is 1. The molecule has 0 saturated carbocycles. The van der Waals surface area contributed by atoms with Crippen LogP contribution in [0.25, 0.3) is 11.0 Å². The first kappa shape index (κ1) is 15.6. The third kappa shape index (κ3) is 3.26. The smallest absolute Gasteiger partial charge is 0.308 e. The first-order valence-corrected chi connectivity index (χ1v) is 7.43. The lowest BCUT2D eigenvalue weighted by Crippen LogP contribution is -2.32. The topological polar surface area (TPSA) is 79.5 Å². The van der Waals surface area contributed by atoms with Gasteiger partial charge in [0.25, 0.3) is 5.91 Å². The number of carbonyl (C=O) groups is 2. The van der Waals surface area contributed by atoms with E-state index in [0.29, 0.717) is 12.0 Å². The van der Waals surface area contributed by atoms with Gasteiger partial charge >= 0.3 is 5.97 Å². The van der Waals surface area contributed by atoms with Crippen molar-refractivity contribution in [2.24, 2.45) is 5.92 Å². The molecule has 0 bridgehead atoms. The van der Waals surface area contributed by atoms with Crippen molar-refractivity contribution in [1.29, 1.82) is 0 Å². The van der Waals surface area contributed by atoms with Gasteiger partial charge in [0.15, 0.2) is 5.76 Å². The van der Waals surface area contributed by atoms with Gasteiger partial charge in [-0.3, -0.25) is 9.59 Å². The van der Waals surface area contributed by atoms with Crippen LogP contribution in [0.15, 0.2) is 27.1 Å². The number of benzene rings is 1. The first-order valence-electron chi connectivity index (χ1n) is 6.63. The van der Waals surface area contributed by atoms with E-state index in [9.17, 15) is 9.59 Å². The predicted molar refractivity (Wildman–Crippen MR) is 82.4 cm³/mol. The molecule has 0 saturated heterocycles. The third-order valence-electron chi connectivity index (χ3n) is 3.46. The zero-order chi connectivity index (χ0) is 15.6. The van der Waals surface area contributed by atoms with Crippen molar-refractivity contribution in [3.8, 4) is 0 Å². The normalized spacial score (nSPS) is 12.3. The highest BCUT2D eigenvalue weighted by Crippen LogP contribution is 2.28. The molecule has 1 amide bonds. The monoisotopic (exact) mass is 353 g/mol. The van der Waals surface area contributed by atoms with Gasteiger partial charge in [0, 0.05) is 22.0 Å². The molecule has 0 aliphatic carbocycles. The molecular weight excluding hydrogens is 338 g/mol. The summed E-state index contributed by atoms with van der Waals surface area (Å²) < 4.78 is 6.47. The molecule has 1 aromatic heterocycles. The van der Waals surface area contributed by atoms with Crippen LogP contribution in [0.4, 0.5) is 0 Å². The number of rotatable bonds is 5. The van der Waals surface area contributed by atoms with Gasteiger partial charge in [-0.05, 0) is 31.5 Å². The molecule has 0 fully saturated rings. The van der Waals surface area contributed by atoms with Crippen LogP contribution in [0, 0.1) is 12.8 Å². The van der Waals surface area contributed by atoms with E-state index >= 15 is 0 Å². The summed E-state index contributed by atoms with van der Waals surface area (Å²) in [5, 5.41) is 12.5. The number of carbonyl (C=O) groups excluding carboxylic acids is 1. The molecule has 1 atom stereocenters. The predicted octanol–water partition coefficient (Wildman–Crippen LogP) is 3.34. The van der Waals surface area contributed by atoms with E-state index in [-0.39, 0.29) is 18.2 Å². The van der Waals surface area contributed by atoms with Crippen molar-refractivity contribution >= 4 is 38.8 Å². The summed E-state index contributed by atoms with van der Waals surface area (Å²) >= 11 is 3.38. The second-order valence-electron chi connectivity index (χ2n) is 4.85. The number of hydrogen-bond donors (Lipinski definition) is 2. The Balaban J connectivity index is 2.20. The van der Waals surface area contributed by atoms with E-state index in [4.69, 9.17) is 9.52 Å². The number of hydrogen-bond acceptors (Lipinski definition) is 3. The highest BCUT2D eigenvalue weighted by Gasteiger charge is 2.20. The maximum atomic E-state index is 12.2. The number of aliphatic carboxylic acids is 1. The maximum absolute atomic E-state index is 12.2. The average molecular weight is 354 g/mol. The fourth-order valence-electron chi connectivity index (χ4n) is 2.11. The van der Waals surface area contributed by atoms with Crippen LogP contribution >= 0.6 is 15.9 Å². The van der Waals surface area contributed by atoms with E-state index < -0.39 is 11.9 Å². The Hall–Kier alpha value is -1.82. The Labute approximate surface area is 130 Å². The first-order chi connectivity index (χ1) is 9.93. The average Bonchev–Trinajstić information content (AvgIpc) is 2.76. The van der Waals surface area contributed by atoms with Gasteiger partial charge in [-0.1, -0.05) is 22.9 Å². The van der Waals surface area contributed by atoms with Crippen molar-refractivity contribution in [3.05, 3.63) is 34.0 Å². The lowest BCUT2D eigenvalue weighted by Gasteiger charge is -2.10. The third-order valence-corrected chi connectivity index (χ3v) is 3.95. The molecule has 0 radical (unpaired) electrons. The molecule has 2 rings (SSSR count). The lowest BCUT2D eigenvalue weighted by molar-refractivity contribution is -0.141. The van der Waals surface area contributed by atoms with Crippen LogP contribution in [-0.4, -0.2) is 23.5 Å². The van der Waals surface area contributed by atoms with Crippen LogP contribution in [0.5, 0.6) is 0 Å². The molecular formula is C15H16BrNO4. The molecule has 0 spiro atoms. The van der Waals surface area contributed by atoms with Crippen LogP contribution in [0.3, 0.4) is 0 Å². The number of nitrogens with one attached hydrogen (secondary N) is 1. The lowest BCUT2D eigenvalue weighted by atomic mass is 10.1. The number of fused-ring (bicyclic) bond motifs is 1. The van der Waals surface area contributed by atoms with Crippen LogP contribution in [-0.2, 0) is 4.79 Å². The Bertz CT molecular complexity index is 692. The van der Waals surface area contributed by atoms with Crippen LogP contribution in [0.1, 0.15) is 29.5 Å². The fourth-order valence-corrected chi connectivity index (χ4v) is 2.47. The Morgan fingerprint density at radius 3 is 2.76 bits per heavy atom. The molecule has 2 aromatic rings. The minimum atomic E-state index is -0.914. The number of aryl methyl sites for hydroxylation is 1. The van der Waals surface area contributed by atoms with Crippen molar-refractivity contribution in [3.63, 3.8) is 0 Å². The van der Waals surface area contributed by atoms with Crippen molar-refractivity contribution in [2.45, 2.75) is 20.3 Å². The minimum Gasteiger partial charge on any atom is -0.481 e. The molecule has 0 aliphatic heterocycles. The van der Waals surface area contributed by atoms with Crippen molar-refractivity contribution in [2.75, 3.05) is 6.54 Å². The van der Waals surface area contributed by atoms with Gasteiger partial charge < -0.3 is 14.8 Å². The van der Waals surface area contributed by atoms with E-state index in [1.807, 2.05) is 19.1 Å². The van der Waals surface area contributed by atoms with Gasteiger partial charge in [-0.2, -0.15) is 0 Å². The number of carboxylic acid groups (broad SMARTS) is 1. The summed E-state index contributed by atoms with van der Waals surface area (Å²) in [6, 6.07) is 5.51. The van der Waals surface area contributed by atoms with Gasteiger partial charge in [0.05, 0.1) is 5.92 Å². The minimum absolute atomic E-state index is 0.0881. The number of halogens is 1. The van der Waals surface area contributed by atoms with Gasteiger partial charge in [-0.15, -0.1) is 0 Å². The summed E-state index contributed by atoms with van der Waals surface area (Å²) in [6.07, 6.45) is 0.460. The molecule has 112 valence electrons. The zero-order valence-electron chi connectivity index (χ0n) is 11.8. The summed E-state index contributed by atoms with van der Waals surface area (Å²) in [5.41, 5.74) is 1.37. The number of carboxylic acids is 1. The molecule has 21 heavy (non-hydrogen) atoms. The summed E-state index contributed by atoms with van der Waals surface area (Å²) in [5.74, 6) is -1.67. The second kappa shape index (κ2) is 6.30. The van der Waals surface area contributed by atoms with E-state index in [1.54, 1.807) is 13.0 Å². The highest BCUT2D eigenvalue weighted by molar-refractivity contribution is 9.10. The van der Waals surface area contributed by atoms with Crippen molar-refractivity contribution in [1.82, 2.24) is 5.32 Å². The van der Waals surface area contributed by atoms with Gasteiger partial charge in [-0.25, -0.2) is 0 Å². The van der Waals surface area contributed by atoms with Crippen LogP contribution in [0.2, 0.25) is 0 Å². The zero-order valence-corrected chi connectivity index (χ0v) is 13.4. The molecule has 2 N–H and O–H groups in total. The molecule has 0 aliphatic rings. The Kier molecular flexibility index (Phi) is 4.67. The number of amides is 1. The molecule has 5 nitrogen and oxygen atoms in total. The molecule has 1 unspecified atom stereocenters. The molecule has 1 aromatic carbocycles. The second-order valence-corrected chi connectivity index (χ2v) is 5.77. The molecule has 6 heteroatoms. The molecule has 1 heterocycles. The standard InChI is InChI=1S/C15H16BrNO4/c1-3-9(15(19)20)7-17-14(18)13-8(2)11-6-10(16)4-5-12(11)21-13/h4-6,9H,3,7H2,1-2H3,(H,17,18)(H,19,20). The summed E-state index contributed by atoms with van der Waals surface area (Å²) in [7, 11) is 0. The van der Waals surface area contributed by atoms with Gasteiger partial charge in [0.1, 0.15) is 5.58 Å². The summed E-state index contributed by atoms with van der Waals surface area (Å²) in [4.78, 5) is 23.1. The highest BCUT2D eigenvalue weighted by atomic mass is 79.9. The van der Waals surface area contributed by atoms with Crippen molar-refractivity contribution < 1.29 is 19.1 Å². The quantitative estimate of drug-likeness (QED) is 0.863. The van der Waals surface area contributed by atoms with E-state index in [2.05, 4.69) is 21.2 Å². The Morgan fingerprint density at radius 2 is 2.14 bits per heavy atom. The van der Waals surface area contributed by atoms with E-state index in [0.717, 1.165) is 15.4 Å². The SMILES string of the molecule is CCC(CNC(=O)c1oc2ccc(Br)cc2c1C)C(=O)O. The maximum Gasteiger partial charge on any atom is 0.308 e. The Morgan fingerprint density at radius 1 is 1.43 bits per heavy atom. The van der Waals surface area contributed by atoms with E-state index in [1.165, 1.54) is 0 Å². The summed E-state index contributed by atoms with van der Waals surface area (Å²) in [6.45, 7) is 3.67. The van der Waals surface area contributed by atoms with Gasteiger partial charge in [0.2, 0.25) is 0 Å². The fraction of sp³-hybridized carbons (Fsp3) is 0.333. The van der Waals surface area contributed by atoms with Crippen LogP contribution < -0.4 is 5.32 Å².